The van der Waals surface area contributed by atoms with Crippen LogP contribution in [0.4, 0.5) is 11.4 Å². The monoisotopic (exact) mass is 438 g/mol. The highest BCUT2D eigenvalue weighted by atomic mass is 15.1. The lowest BCUT2D eigenvalue weighted by Crippen LogP contribution is -2.09. The minimum atomic E-state index is 1.17. The molecule has 5 aromatic carbocycles. The molecule has 34 heavy (non-hydrogen) atoms. The van der Waals surface area contributed by atoms with Crippen molar-refractivity contribution in [2.45, 2.75) is 0 Å². The third-order valence-corrected chi connectivity index (χ3v) is 6.84. The Hall–Kier alpha value is -4.30. The van der Waals surface area contributed by atoms with E-state index in [9.17, 15) is 0 Å². The van der Waals surface area contributed by atoms with Gasteiger partial charge in [0.2, 0.25) is 0 Å². The van der Waals surface area contributed by atoms with Crippen molar-refractivity contribution in [3.63, 3.8) is 0 Å². The topological polar surface area (TPSA) is 8.17 Å². The molecule has 0 N–H and O–H groups in total. The van der Waals surface area contributed by atoms with Crippen LogP contribution in [-0.4, -0.2) is 11.6 Å². The molecule has 0 radical (unpaired) electrons. The van der Waals surface area contributed by atoms with E-state index < -0.39 is 0 Å². The molecule has 0 spiro atoms. The van der Waals surface area contributed by atoms with Crippen molar-refractivity contribution in [1.82, 2.24) is 4.57 Å². The van der Waals surface area contributed by atoms with Gasteiger partial charge in [-0.1, -0.05) is 78.9 Å². The van der Waals surface area contributed by atoms with Crippen LogP contribution >= 0.6 is 0 Å². The van der Waals surface area contributed by atoms with E-state index in [0.29, 0.717) is 0 Å². The molecule has 2 heteroatoms. The Morgan fingerprint density at radius 1 is 0.500 bits per heavy atom. The smallest absolute Gasteiger partial charge is 0.0489 e. The number of benzene rings is 5. The highest BCUT2D eigenvalue weighted by Crippen LogP contribution is 2.37. The fraction of sp³-hybridized carbons (Fsp3) is 0.0625. The average Bonchev–Trinajstić information content (AvgIpc) is 3.20. The van der Waals surface area contributed by atoms with E-state index >= 15 is 0 Å². The molecule has 164 valence electrons. The summed E-state index contributed by atoms with van der Waals surface area (Å²) in [5, 5.41) is 2.59. The maximum Gasteiger partial charge on any atom is 0.0489 e. The van der Waals surface area contributed by atoms with Crippen molar-refractivity contribution in [3.8, 4) is 22.3 Å². The van der Waals surface area contributed by atoms with E-state index in [-0.39, 0.29) is 0 Å². The second kappa shape index (κ2) is 8.24. The molecule has 0 unspecified atom stereocenters. The van der Waals surface area contributed by atoms with Crippen LogP contribution in [0.5, 0.6) is 0 Å². The first kappa shape index (κ1) is 20.3. The van der Waals surface area contributed by atoms with Crippen molar-refractivity contribution >= 4 is 33.2 Å². The number of anilines is 2. The van der Waals surface area contributed by atoms with Gasteiger partial charge in [0.05, 0.1) is 0 Å². The predicted octanol–water partition coefficient (Wildman–Crippen LogP) is 8.43. The van der Waals surface area contributed by atoms with Crippen molar-refractivity contribution in [1.29, 1.82) is 0 Å². The molecular formula is C32H26N2. The fourth-order valence-corrected chi connectivity index (χ4v) is 5.00. The van der Waals surface area contributed by atoms with Crippen LogP contribution in [0.15, 0.2) is 121 Å². The summed E-state index contributed by atoms with van der Waals surface area (Å²) in [6, 6.07) is 43.5. The Balaban J connectivity index is 1.47. The molecule has 0 amide bonds. The Morgan fingerprint density at radius 3 is 1.91 bits per heavy atom. The fourth-order valence-electron chi connectivity index (χ4n) is 5.00. The highest BCUT2D eigenvalue weighted by Gasteiger charge is 2.13. The van der Waals surface area contributed by atoms with Crippen molar-refractivity contribution in [3.05, 3.63) is 121 Å². The second-order valence-corrected chi connectivity index (χ2v) is 8.80. The Labute approximate surface area is 200 Å². The molecule has 0 saturated heterocycles. The molecule has 6 rings (SSSR count). The zero-order valence-corrected chi connectivity index (χ0v) is 19.4. The second-order valence-electron chi connectivity index (χ2n) is 8.80. The number of aromatic nitrogens is 1. The van der Waals surface area contributed by atoms with Crippen molar-refractivity contribution in [2.24, 2.45) is 7.05 Å². The molecule has 0 aliphatic carbocycles. The molecule has 0 aliphatic heterocycles. The summed E-state index contributed by atoms with van der Waals surface area (Å²) in [5.41, 5.74) is 9.81. The van der Waals surface area contributed by atoms with Crippen LogP contribution < -0.4 is 4.90 Å². The van der Waals surface area contributed by atoms with Crippen molar-refractivity contribution in [2.75, 3.05) is 11.9 Å². The Morgan fingerprint density at radius 2 is 1.12 bits per heavy atom. The summed E-state index contributed by atoms with van der Waals surface area (Å²) in [6.45, 7) is 0. The number of nitrogens with zero attached hydrogens (tertiary/aromatic N) is 2. The molecule has 2 nitrogen and oxygen atoms in total. The molecule has 1 aromatic heterocycles. The van der Waals surface area contributed by atoms with Crippen LogP contribution in [0, 0.1) is 0 Å². The van der Waals surface area contributed by atoms with E-state index in [2.05, 4.69) is 145 Å². The zero-order chi connectivity index (χ0) is 23.1. The van der Waals surface area contributed by atoms with Gasteiger partial charge in [0.1, 0.15) is 0 Å². The lowest BCUT2D eigenvalue weighted by Gasteiger charge is -2.20. The standard InChI is InChI=1S/C32H26N2/c1-33(25-12-4-3-5-13-25)26-14-10-11-23(21-26)27-15-6-7-16-28(27)24-19-20-32-30(22-24)29-17-8-9-18-31(29)34(32)2/h3-22H,1-2H3. The minimum Gasteiger partial charge on any atom is -0.345 e. The Bertz CT molecular complexity index is 1630. The number of rotatable bonds is 4. The van der Waals surface area contributed by atoms with Gasteiger partial charge >= 0.3 is 0 Å². The van der Waals surface area contributed by atoms with E-state index in [0.717, 1.165) is 0 Å². The predicted molar refractivity (Wildman–Crippen MR) is 146 cm³/mol. The lowest BCUT2D eigenvalue weighted by atomic mass is 9.93. The van der Waals surface area contributed by atoms with E-state index in [1.165, 1.54) is 55.4 Å². The number of para-hydroxylation sites is 2. The van der Waals surface area contributed by atoms with Crippen LogP contribution in [0.1, 0.15) is 0 Å². The molecule has 0 aliphatic rings. The largest absolute Gasteiger partial charge is 0.345 e. The quantitative estimate of drug-likeness (QED) is 0.268. The van der Waals surface area contributed by atoms with E-state index in [4.69, 9.17) is 0 Å². The molecule has 0 fully saturated rings. The molecule has 0 atom stereocenters. The van der Waals surface area contributed by atoms with Gasteiger partial charge in [0.25, 0.3) is 0 Å². The first-order valence-electron chi connectivity index (χ1n) is 11.7. The third kappa shape index (κ3) is 3.36. The normalized spacial score (nSPS) is 11.2. The third-order valence-electron chi connectivity index (χ3n) is 6.84. The maximum atomic E-state index is 2.34. The molecule has 0 saturated carbocycles. The van der Waals surface area contributed by atoms with Crippen LogP contribution in [-0.2, 0) is 7.05 Å². The van der Waals surface area contributed by atoms with Gasteiger partial charge in [-0.25, -0.2) is 0 Å². The summed E-state index contributed by atoms with van der Waals surface area (Å²) in [6.07, 6.45) is 0. The van der Waals surface area contributed by atoms with Crippen LogP contribution in [0.2, 0.25) is 0 Å². The number of aryl methyl sites for hydroxylation is 1. The SMILES string of the molecule is CN(c1ccccc1)c1cccc(-c2ccccc2-c2ccc3c(c2)c2ccccc2n3C)c1. The molecule has 6 aromatic rings. The summed E-state index contributed by atoms with van der Waals surface area (Å²) < 4.78 is 2.28. The van der Waals surface area contributed by atoms with Gasteiger partial charge in [-0.2, -0.15) is 0 Å². The first-order chi connectivity index (χ1) is 16.7. The van der Waals surface area contributed by atoms with E-state index in [1.54, 1.807) is 0 Å². The van der Waals surface area contributed by atoms with Gasteiger partial charge in [0.15, 0.2) is 0 Å². The van der Waals surface area contributed by atoms with Gasteiger partial charge in [-0.15, -0.1) is 0 Å². The van der Waals surface area contributed by atoms with Gasteiger partial charge < -0.3 is 9.47 Å². The molecule has 1 heterocycles. The lowest BCUT2D eigenvalue weighted by molar-refractivity contribution is 1.01. The number of fused-ring (bicyclic) bond motifs is 3. The highest BCUT2D eigenvalue weighted by molar-refractivity contribution is 6.09. The Kier molecular flexibility index (Phi) is 4.92. The molecular weight excluding hydrogens is 412 g/mol. The van der Waals surface area contributed by atoms with Crippen molar-refractivity contribution < 1.29 is 0 Å². The summed E-state index contributed by atoms with van der Waals surface area (Å²) in [7, 11) is 4.27. The number of hydrogen-bond acceptors (Lipinski definition) is 1. The minimum absolute atomic E-state index is 1.17. The maximum absolute atomic E-state index is 2.34. The summed E-state index contributed by atoms with van der Waals surface area (Å²) >= 11 is 0. The number of hydrogen-bond donors (Lipinski definition) is 0. The van der Waals surface area contributed by atoms with Crippen LogP contribution in [0.3, 0.4) is 0 Å². The average molecular weight is 439 g/mol. The van der Waals surface area contributed by atoms with Gasteiger partial charge in [-0.3, -0.25) is 0 Å². The first-order valence-corrected chi connectivity index (χ1v) is 11.7. The molecule has 0 bridgehead atoms. The summed E-state index contributed by atoms with van der Waals surface area (Å²) in [5.74, 6) is 0. The van der Waals surface area contributed by atoms with Gasteiger partial charge in [0, 0.05) is 47.3 Å². The summed E-state index contributed by atoms with van der Waals surface area (Å²) in [4.78, 5) is 2.23. The zero-order valence-electron chi connectivity index (χ0n) is 19.4. The van der Waals surface area contributed by atoms with E-state index in [1.807, 2.05) is 0 Å². The van der Waals surface area contributed by atoms with Crippen LogP contribution in [0.25, 0.3) is 44.1 Å². The van der Waals surface area contributed by atoms with Gasteiger partial charge in [-0.05, 0) is 64.7 Å².